The zero-order chi connectivity index (χ0) is 14.4. The number of ether oxygens (including phenoxy) is 1. The van der Waals surface area contributed by atoms with Gasteiger partial charge in [0.2, 0.25) is 0 Å². The Hall–Kier alpha value is -1.71. The van der Waals surface area contributed by atoms with Crippen LogP contribution in [0.5, 0.6) is 5.75 Å². The lowest BCUT2D eigenvalue weighted by atomic mass is 9.95. The average Bonchev–Trinajstić information content (AvgIpc) is 2.49. The number of amides is 2. The van der Waals surface area contributed by atoms with Crippen LogP contribution < -0.4 is 10.1 Å². The molecule has 0 radical (unpaired) electrons. The molecule has 0 saturated heterocycles. The summed E-state index contributed by atoms with van der Waals surface area (Å²) < 4.78 is 5.51. The van der Waals surface area contributed by atoms with E-state index in [1.165, 1.54) is 24.8 Å². The quantitative estimate of drug-likeness (QED) is 0.857. The van der Waals surface area contributed by atoms with Gasteiger partial charge in [0.05, 0.1) is 0 Å². The van der Waals surface area contributed by atoms with Crippen molar-refractivity contribution < 1.29 is 9.53 Å². The van der Waals surface area contributed by atoms with Crippen LogP contribution in [0.4, 0.5) is 4.79 Å². The predicted molar refractivity (Wildman–Crippen MR) is 79.8 cm³/mol. The first-order chi connectivity index (χ1) is 9.66. The highest BCUT2D eigenvalue weighted by Gasteiger charge is 2.21. The molecular formula is C16H24N2O2. The minimum atomic E-state index is -0.0518. The van der Waals surface area contributed by atoms with Crippen molar-refractivity contribution >= 4 is 6.03 Å². The third-order valence-corrected chi connectivity index (χ3v) is 3.93. The van der Waals surface area contributed by atoms with E-state index in [4.69, 9.17) is 4.74 Å². The molecule has 0 unspecified atom stereocenters. The van der Waals surface area contributed by atoms with Crippen molar-refractivity contribution in [3.05, 3.63) is 29.8 Å². The molecule has 20 heavy (non-hydrogen) atoms. The Bertz CT molecular complexity index is 425. The maximum absolute atomic E-state index is 12.0. The monoisotopic (exact) mass is 276 g/mol. The maximum atomic E-state index is 12.0. The summed E-state index contributed by atoms with van der Waals surface area (Å²) in [6.45, 7) is 2.24. The van der Waals surface area contributed by atoms with Crippen LogP contribution in [0.2, 0.25) is 0 Å². The molecule has 0 aliphatic heterocycles. The lowest BCUT2D eigenvalue weighted by molar-refractivity contribution is 0.163. The van der Waals surface area contributed by atoms with Gasteiger partial charge in [-0.05, 0) is 31.9 Å². The second-order valence-electron chi connectivity index (χ2n) is 5.49. The molecule has 0 spiro atoms. The fourth-order valence-electron chi connectivity index (χ4n) is 2.57. The number of carbonyl (C=O) groups excluding carboxylic acids is 1. The summed E-state index contributed by atoms with van der Waals surface area (Å²) in [4.78, 5) is 13.8. The van der Waals surface area contributed by atoms with E-state index in [0.29, 0.717) is 6.04 Å². The number of hydrogen-bond acceptors (Lipinski definition) is 2. The highest BCUT2D eigenvalue weighted by Crippen LogP contribution is 2.21. The molecule has 0 aromatic heterocycles. The van der Waals surface area contributed by atoms with Crippen molar-refractivity contribution in [2.24, 2.45) is 0 Å². The van der Waals surface area contributed by atoms with E-state index in [2.05, 4.69) is 5.32 Å². The molecule has 1 aliphatic carbocycles. The standard InChI is InChI=1S/C16H24N2O2/c1-13-8-10-15(11-9-13)20-12-17-16(19)18(2)14-6-4-3-5-7-14/h8-11,14H,3-7,12H2,1-2H3,(H,17,19). The van der Waals surface area contributed by atoms with Gasteiger partial charge in [-0.2, -0.15) is 0 Å². The first-order valence-corrected chi connectivity index (χ1v) is 7.37. The summed E-state index contributed by atoms with van der Waals surface area (Å²) in [5, 5.41) is 2.81. The second-order valence-corrected chi connectivity index (χ2v) is 5.49. The number of hydrogen-bond donors (Lipinski definition) is 1. The molecule has 1 aliphatic rings. The first-order valence-electron chi connectivity index (χ1n) is 7.37. The minimum absolute atomic E-state index is 0.0518. The van der Waals surface area contributed by atoms with Crippen LogP contribution in [0.3, 0.4) is 0 Å². The van der Waals surface area contributed by atoms with Gasteiger partial charge in [0, 0.05) is 13.1 Å². The number of benzene rings is 1. The van der Waals surface area contributed by atoms with E-state index < -0.39 is 0 Å². The van der Waals surface area contributed by atoms with Crippen molar-refractivity contribution in [1.82, 2.24) is 10.2 Å². The summed E-state index contributed by atoms with van der Waals surface area (Å²) in [6, 6.07) is 8.13. The Morgan fingerprint density at radius 3 is 2.55 bits per heavy atom. The zero-order valence-electron chi connectivity index (χ0n) is 12.4. The largest absolute Gasteiger partial charge is 0.473 e. The fraction of sp³-hybridized carbons (Fsp3) is 0.562. The third-order valence-electron chi connectivity index (χ3n) is 3.93. The number of rotatable bonds is 4. The number of aryl methyl sites for hydroxylation is 1. The van der Waals surface area contributed by atoms with Gasteiger partial charge in [0.15, 0.2) is 6.73 Å². The first kappa shape index (κ1) is 14.7. The number of carbonyl (C=O) groups is 1. The lowest BCUT2D eigenvalue weighted by Crippen LogP contribution is -2.45. The molecule has 2 rings (SSSR count). The van der Waals surface area contributed by atoms with Crippen molar-refractivity contribution in [1.29, 1.82) is 0 Å². The van der Waals surface area contributed by atoms with E-state index in [0.717, 1.165) is 18.6 Å². The van der Waals surface area contributed by atoms with E-state index in [1.54, 1.807) is 0 Å². The molecule has 1 aromatic carbocycles. The normalized spacial score (nSPS) is 15.7. The summed E-state index contributed by atoms with van der Waals surface area (Å²) in [5.41, 5.74) is 1.19. The smallest absolute Gasteiger partial charge is 0.319 e. The summed E-state index contributed by atoms with van der Waals surface area (Å²) >= 11 is 0. The van der Waals surface area contributed by atoms with Gasteiger partial charge in [-0.1, -0.05) is 37.0 Å². The van der Waals surface area contributed by atoms with Crippen molar-refractivity contribution in [3.8, 4) is 5.75 Å². The van der Waals surface area contributed by atoms with Gasteiger partial charge in [-0.15, -0.1) is 0 Å². The molecule has 1 saturated carbocycles. The number of nitrogens with one attached hydrogen (secondary N) is 1. The van der Waals surface area contributed by atoms with Crippen LogP contribution >= 0.6 is 0 Å². The molecule has 1 aromatic rings. The highest BCUT2D eigenvalue weighted by molar-refractivity contribution is 5.74. The van der Waals surface area contributed by atoms with E-state index in [1.807, 2.05) is 43.1 Å². The fourth-order valence-corrected chi connectivity index (χ4v) is 2.57. The van der Waals surface area contributed by atoms with Crippen LogP contribution in [0, 0.1) is 6.92 Å². The van der Waals surface area contributed by atoms with E-state index >= 15 is 0 Å². The van der Waals surface area contributed by atoms with Gasteiger partial charge < -0.3 is 15.0 Å². The Labute approximate surface area is 121 Å². The highest BCUT2D eigenvalue weighted by atomic mass is 16.5. The van der Waals surface area contributed by atoms with Gasteiger partial charge in [0.25, 0.3) is 0 Å². The second kappa shape index (κ2) is 7.17. The van der Waals surface area contributed by atoms with E-state index in [-0.39, 0.29) is 12.8 Å². The predicted octanol–water partition coefficient (Wildman–Crippen LogP) is 3.31. The summed E-state index contributed by atoms with van der Waals surface area (Å²) in [5.74, 6) is 0.774. The van der Waals surface area contributed by atoms with Gasteiger partial charge in [-0.25, -0.2) is 4.79 Å². The van der Waals surface area contributed by atoms with Crippen molar-refractivity contribution in [2.75, 3.05) is 13.8 Å². The van der Waals surface area contributed by atoms with E-state index in [9.17, 15) is 4.79 Å². The third kappa shape index (κ3) is 4.15. The average molecular weight is 276 g/mol. The molecule has 0 heterocycles. The van der Waals surface area contributed by atoms with Crippen LogP contribution in [0.15, 0.2) is 24.3 Å². The molecule has 1 fully saturated rings. The Morgan fingerprint density at radius 1 is 1.25 bits per heavy atom. The Kier molecular flexibility index (Phi) is 5.27. The number of nitrogens with zero attached hydrogens (tertiary/aromatic N) is 1. The molecule has 110 valence electrons. The molecule has 4 nitrogen and oxygen atoms in total. The molecule has 2 amide bonds. The van der Waals surface area contributed by atoms with Crippen molar-refractivity contribution in [3.63, 3.8) is 0 Å². The lowest BCUT2D eigenvalue weighted by Gasteiger charge is -2.31. The van der Waals surface area contributed by atoms with Gasteiger partial charge >= 0.3 is 6.03 Å². The summed E-state index contributed by atoms with van der Waals surface area (Å²) in [6.07, 6.45) is 5.97. The Morgan fingerprint density at radius 2 is 1.90 bits per heavy atom. The molecule has 1 N–H and O–H groups in total. The molecular weight excluding hydrogens is 252 g/mol. The Balaban J connectivity index is 1.72. The molecule has 0 bridgehead atoms. The van der Waals surface area contributed by atoms with Crippen LogP contribution in [0.1, 0.15) is 37.7 Å². The van der Waals surface area contributed by atoms with Crippen LogP contribution in [0.25, 0.3) is 0 Å². The number of urea groups is 1. The molecule has 0 atom stereocenters. The van der Waals surface area contributed by atoms with Gasteiger partial charge in [-0.3, -0.25) is 0 Å². The van der Waals surface area contributed by atoms with Crippen molar-refractivity contribution in [2.45, 2.75) is 45.1 Å². The topological polar surface area (TPSA) is 41.6 Å². The zero-order valence-corrected chi connectivity index (χ0v) is 12.4. The molecule has 4 heteroatoms. The van der Waals surface area contributed by atoms with Crippen LogP contribution in [-0.4, -0.2) is 30.8 Å². The minimum Gasteiger partial charge on any atom is -0.473 e. The SMILES string of the molecule is Cc1ccc(OCNC(=O)N(C)C2CCCCC2)cc1. The maximum Gasteiger partial charge on any atom is 0.319 e. The summed E-state index contributed by atoms with van der Waals surface area (Å²) in [7, 11) is 1.87. The van der Waals surface area contributed by atoms with Crippen LogP contribution in [-0.2, 0) is 0 Å². The van der Waals surface area contributed by atoms with Gasteiger partial charge in [0.1, 0.15) is 5.75 Å².